The van der Waals surface area contributed by atoms with E-state index in [1.54, 1.807) is 47.5 Å². The lowest BCUT2D eigenvalue weighted by atomic mass is 9.89. The van der Waals surface area contributed by atoms with Crippen molar-refractivity contribution in [1.29, 1.82) is 0 Å². The normalized spacial score (nSPS) is 17.8. The van der Waals surface area contributed by atoms with Gasteiger partial charge in [-0.25, -0.2) is 4.98 Å². The van der Waals surface area contributed by atoms with E-state index in [2.05, 4.69) is 25.6 Å². The molecule has 0 aliphatic heterocycles. The van der Waals surface area contributed by atoms with Crippen molar-refractivity contribution in [2.45, 2.75) is 31.9 Å². The molecule has 0 aromatic carbocycles. The minimum atomic E-state index is -0.620. The van der Waals surface area contributed by atoms with Gasteiger partial charge >= 0.3 is 0 Å². The highest BCUT2D eigenvalue weighted by Gasteiger charge is 2.32. The lowest BCUT2D eigenvalue weighted by Crippen LogP contribution is -2.33. The smallest absolute Gasteiger partial charge is 0.291 e. The molecule has 4 aromatic rings. The number of amides is 1. The molecule has 0 spiro atoms. The molecule has 0 bridgehead atoms. The van der Waals surface area contributed by atoms with Crippen molar-refractivity contribution in [1.82, 2.24) is 25.0 Å². The number of nitrogens with one attached hydrogen (secondary N) is 2. The molecule has 4 heterocycles. The van der Waals surface area contributed by atoms with Crippen molar-refractivity contribution in [3.63, 3.8) is 0 Å². The third kappa shape index (κ3) is 3.92. The third-order valence-electron chi connectivity index (χ3n) is 5.40. The van der Waals surface area contributed by atoms with E-state index in [-0.39, 0.29) is 17.9 Å². The molecule has 1 amide bonds. The van der Waals surface area contributed by atoms with Crippen LogP contribution in [0.5, 0.6) is 0 Å². The number of nitrogens with zero attached hydrogens (tertiary/aromatic N) is 4. The average Bonchev–Trinajstić information content (AvgIpc) is 3.50. The first-order valence-electron chi connectivity index (χ1n) is 10.3. The van der Waals surface area contributed by atoms with Gasteiger partial charge in [0.2, 0.25) is 5.95 Å². The molecule has 0 saturated heterocycles. The Labute approximate surface area is 182 Å². The molecule has 0 atom stereocenters. The van der Waals surface area contributed by atoms with Gasteiger partial charge in [0.15, 0.2) is 5.76 Å². The van der Waals surface area contributed by atoms with Crippen LogP contribution >= 0.6 is 0 Å². The number of anilines is 1. The predicted octanol–water partition coefficient (Wildman–Crippen LogP) is 4.06. The first-order chi connectivity index (χ1) is 15.6. The van der Waals surface area contributed by atoms with E-state index >= 15 is 0 Å². The van der Waals surface area contributed by atoms with Gasteiger partial charge in [0.05, 0.1) is 35.3 Å². The Balaban J connectivity index is 1.41. The van der Waals surface area contributed by atoms with Gasteiger partial charge in [-0.15, -0.1) is 0 Å². The number of aromatic amines is 1. The number of carbonyl (C=O) groups is 1. The predicted molar refractivity (Wildman–Crippen MR) is 113 cm³/mol. The van der Waals surface area contributed by atoms with Gasteiger partial charge in [-0.05, 0) is 44.0 Å². The van der Waals surface area contributed by atoms with Gasteiger partial charge in [0, 0.05) is 19.0 Å². The molecule has 1 saturated carbocycles. The molecule has 10 heteroatoms. The minimum Gasteiger partial charge on any atom is -0.451 e. The van der Waals surface area contributed by atoms with Gasteiger partial charge in [0.1, 0.15) is 11.5 Å². The van der Waals surface area contributed by atoms with Crippen LogP contribution in [0.2, 0.25) is 0 Å². The Morgan fingerprint density at radius 2 is 2.22 bits per heavy atom. The zero-order valence-electron chi connectivity index (χ0n) is 17.3. The minimum absolute atomic E-state index is 0.132. The van der Waals surface area contributed by atoms with E-state index in [1.165, 1.54) is 6.07 Å². The molecule has 1 aliphatic carbocycles. The molecule has 164 valence electrons. The summed E-state index contributed by atoms with van der Waals surface area (Å²) < 4.78 is 26.8. The molecule has 2 N–H and O–H groups in total. The van der Waals surface area contributed by atoms with Crippen molar-refractivity contribution in [3.8, 4) is 22.7 Å². The number of hydrogen-bond donors (Lipinski definition) is 2. The van der Waals surface area contributed by atoms with Gasteiger partial charge in [0.25, 0.3) is 5.91 Å². The van der Waals surface area contributed by atoms with Crippen LogP contribution < -0.4 is 5.32 Å². The van der Waals surface area contributed by atoms with E-state index in [0.29, 0.717) is 29.4 Å². The number of rotatable bonds is 7. The number of halogens is 1. The SMILES string of the molecule is CCO[C@H]1C[C@H](n2cc(NC(=O)c3ccc(-c4cn[nH]c4)o3)c(-c3cccc(F)n3)n2)C1. The van der Waals surface area contributed by atoms with E-state index in [1.807, 2.05) is 6.92 Å². The molecule has 5 rings (SSSR count). The maximum absolute atomic E-state index is 13.8. The van der Waals surface area contributed by atoms with Crippen molar-refractivity contribution >= 4 is 11.6 Å². The monoisotopic (exact) mass is 436 g/mol. The largest absolute Gasteiger partial charge is 0.451 e. The first-order valence-corrected chi connectivity index (χ1v) is 10.3. The molecule has 0 radical (unpaired) electrons. The fraction of sp³-hybridized carbons (Fsp3) is 0.273. The second-order valence-corrected chi connectivity index (χ2v) is 7.52. The summed E-state index contributed by atoms with van der Waals surface area (Å²) in [6.07, 6.45) is 6.87. The lowest BCUT2D eigenvalue weighted by Gasteiger charge is -2.34. The van der Waals surface area contributed by atoms with Crippen LogP contribution in [-0.4, -0.2) is 43.6 Å². The maximum atomic E-state index is 13.8. The molecule has 0 unspecified atom stereocenters. The van der Waals surface area contributed by atoms with E-state index in [0.717, 1.165) is 18.4 Å². The average molecular weight is 436 g/mol. The maximum Gasteiger partial charge on any atom is 0.291 e. The molecule has 4 aromatic heterocycles. The number of ether oxygens (including phenoxy) is 1. The molecule has 9 nitrogen and oxygen atoms in total. The number of hydrogen-bond acceptors (Lipinski definition) is 6. The Morgan fingerprint density at radius 3 is 2.97 bits per heavy atom. The number of carbonyl (C=O) groups excluding carboxylic acids is 1. The summed E-state index contributed by atoms with van der Waals surface area (Å²) in [5.41, 5.74) is 1.88. The highest BCUT2D eigenvalue weighted by atomic mass is 19.1. The second-order valence-electron chi connectivity index (χ2n) is 7.52. The Bertz CT molecular complexity index is 1230. The summed E-state index contributed by atoms with van der Waals surface area (Å²) >= 11 is 0. The van der Waals surface area contributed by atoms with Crippen molar-refractivity contribution in [3.05, 3.63) is 60.6 Å². The van der Waals surface area contributed by atoms with Crippen LogP contribution in [0.25, 0.3) is 22.7 Å². The number of pyridine rings is 1. The van der Waals surface area contributed by atoms with Crippen LogP contribution in [-0.2, 0) is 4.74 Å². The zero-order chi connectivity index (χ0) is 22.1. The molecular weight excluding hydrogens is 415 g/mol. The lowest BCUT2D eigenvalue weighted by molar-refractivity contribution is -0.0226. The topological polar surface area (TPSA) is 111 Å². The van der Waals surface area contributed by atoms with Crippen molar-refractivity contribution < 1.29 is 18.3 Å². The van der Waals surface area contributed by atoms with Crippen LogP contribution in [0.15, 0.2) is 53.3 Å². The van der Waals surface area contributed by atoms with Crippen LogP contribution in [0.3, 0.4) is 0 Å². The standard InChI is InChI=1S/C22H21FN6O3/c1-2-31-15-8-14(9-15)29-12-17(21(28-29)16-4-3-5-20(23)26-16)27-22(30)19-7-6-18(32-19)13-10-24-25-11-13/h3-7,10-12,14-15H,2,8-9H2,1H3,(H,24,25)(H,27,30)/t14-,15-. The summed E-state index contributed by atoms with van der Waals surface area (Å²) in [4.78, 5) is 16.8. The number of aromatic nitrogens is 5. The van der Waals surface area contributed by atoms with Crippen LogP contribution in [0, 0.1) is 5.95 Å². The molecule has 1 fully saturated rings. The summed E-state index contributed by atoms with van der Waals surface area (Å²) in [5, 5.41) is 14.0. The summed E-state index contributed by atoms with van der Waals surface area (Å²) in [6, 6.07) is 7.89. The number of furan rings is 1. The molecule has 32 heavy (non-hydrogen) atoms. The number of H-pyrrole nitrogens is 1. The summed E-state index contributed by atoms with van der Waals surface area (Å²) in [7, 11) is 0. The van der Waals surface area contributed by atoms with Gasteiger partial charge in [-0.2, -0.15) is 14.6 Å². The van der Waals surface area contributed by atoms with Crippen LogP contribution in [0.1, 0.15) is 36.4 Å². The summed E-state index contributed by atoms with van der Waals surface area (Å²) in [6.45, 7) is 2.63. The Kier molecular flexibility index (Phi) is 5.28. The quantitative estimate of drug-likeness (QED) is 0.423. The molecule has 1 aliphatic rings. The van der Waals surface area contributed by atoms with Crippen LogP contribution in [0.4, 0.5) is 10.1 Å². The van der Waals surface area contributed by atoms with E-state index < -0.39 is 11.9 Å². The van der Waals surface area contributed by atoms with E-state index in [9.17, 15) is 9.18 Å². The van der Waals surface area contributed by atoms with E-state index in [4.69, 9.17) is 9.15 Å². The Morgan fingerprint density at radius 1 is 1.34 bits per heavy atom. The first kappa shape index (κ1) is 20.1. The third-order valence-corrected chi connectivity index (χ3v) is 5.40. The van der Waals surface area contributed by atoms with Crippen molar-refractivity contribution in [2.75, 3.05) is 11.9 Å². The summed E-state index contributed by atoms with van der Waals surface area (Å²) in [5.74, 6) is -0.418. The van der Waals surface area contributed by atoms with Gasteiger partial charge < -0.3 is 14.5 Å². The van der Waals surface area contributed by atoms with Gasteiger partial charge in [-0.1, -0.05) is 6.07 Å². The highest BCUT2D eigenvalue weighted by molar-refractivity contribution is 6.04. The molecular formula is C22H21FN6O3. The zero-order valence-corrected chi connectivity index (χ0v) is 17.3. The highest BCUT2D eigenvalue weighted by Crippen LogP contribution is 2.37. The van der Waals surface area contributed by atoms with Gasteiger partial charge in [-0.3, -0.25) is 14.6 Å². The van der Waals surface area contributed by atoms with Crippen molar-refractivity contribution in [2.24, 2.45) is 0 Å². The fourth-order valence-electron chi connectivity index (χ4n) is 3.71. The fourth-order valence-corrected chi connectivity index (χ4v) is 3.71. The Hall–Kier alpha value is -3.79. The second kappa shape index (κ2) is 8.39.